The summed E-state index contributed by atoms with van der Waals surface area (Å²) >= 11 is 2.98. The number of aromatic nitrogens is 2. The summed E-state index contributed by atoms with van der Waals surface area (Å²) in [7, 11) is 0. The molecule has 1 aromatic heterocycles. The smallest absolute Gasteiger partial charge is 0.115 e. The Hall–Kier alpha value is -0.440. The molecular weight excluding hydrogens is 192 g/mol. The third kappa shape index (κ3) is 1.77. The summed E-state index contributed by atoms with van der Waals surface area (Å²) in [6.45, 7) is -3.10. The summed E-state index contributed by atoms with van der Waals surface area (Å²) in [4.78, 5) is 7.22. The van der Waals surface area contributed by atoms with Crippen LogP contribution in [0.5, 0.6) is 0 Å². The molecule has 0 atom stereocenters. The van der Waals surface area contributed by atoms with Crippen LogP contribution < -0.4 is 0 Å². The molecule has 2 nitrogen and oxygen atoms in total. The molecule has 3 heteroatoms. The summed E-state index contributed by atoms with van der Waals surface area (Å²) in [6, 6.07) is 0. The minimum Gasteiger partial charge on any atom is -0.244 e. The molecule has 0 saturated carbocycles. The second-order valence-corrected chi connectivity index (χ2v) is 2.32. The van der Waals surface area contributed by atoms with Gasteiger partial charge in [0.05, 0.1) is 10.2 Å². The topological polar surface area (TPSA) is 25.8 Å². The van der Waals surface area contributed by atoms with Gasteiger partial charge >= 0.3 is 0 Å². The monoisotopic (exact) mass is 207 g/mol. The van der Waals surface area contributed by atoms with Crippen LogP contribution in [0.25, 0.3) is 0 Å². The first kappa shape index (κ1) is 2.55. The molecule has 0 saturated heterocycles. The number of aryl methyl sites for hydroxylation is 1. The molecule has 1 heterocycles. The second kappa shape index (κ2) is 3.66. The Kier molecular flexibility index (Phi) is 0.935. The van der Waals surface area contributed by atoms with E-state index in [0.717, 1.165) is 6.33 Å². The Labute approximate surface area is 78.7 Å². The lowest BCUT2D eigenvalue weighted by atomic mass is 10.2. The molecule has 0 aliphatic heterocycles. The van der Waals surface area contributed by atoms with Gasteiger partial charge < -0.3 is 0 Å². The maximum absolute atomic E-state index is 7.68. The van der Waals surface area contributed by atoms with Gasteiger partial charge in [-0.3, -0.25) is 0 Å². The summed E-state index contributed by atoms with van der Waals surface area (Å²) < 4.78 is 51.6. The number of hydrogen-bond acceptors (Lipinski definition) is 2. The first-order chi connectivity index (χ1) is 7.52. The van der Waals surface area contributed by atoms with Crippen molar-refractivity contribution in [1.29, 1.82) is 0 Å². The third-order valence-electron chi connectivity index (χ3n) is 0.849. The van der Waals surface area contributed by atoms with Crippen LogP contribution in [0.3, 0.4) is 0 Å². The van der Waals surface area contributed by atoms with E-state index in [2.05, 4.69) is 25.9 Å². The van der Waals surface area contributed by atoms with Crippen LogP contribution in [0.2, 0.25) is 0 Å². The lowest BCUT2D eigenvalue weighted by Crippen LogP contribution is -1.90. The van der Waals surface area contributed by atoms with E-state index in [1.165, 1.54) is 6.20 Å². The van der Waals surface area contributed by atoms with Gasteiger partial charge in [-0.1, -0.05) is 13.2 Å². The van der Waals surface area contributed by atoms with Crippen molar-refractivity contribution in [2.45, 2.75) is 19.6 Å². The SMILES string of the molecule is [2H]C([2H])([2H])C([2H])([2H])C([2H])([2H])c1ncncc1Br. The molecule has 0 aliphatic rings. The normalized spacial score (nSPS) is 24.3. The Morgan fingerprint density at radius 3 is 3.50 bits per heavy atom. The maximum atomic E-state index is 7.68. The van der Waals surface area contributed by atoms with Crippen molar-refractivity contribution in [2.24, 2.45) is 0 Å². The van der Waals surface area contributed by atoms with Crippen LogP contribution in [-0.2, 0) is 6.37 Å². The first-order valence-corrected chi connectivity index (χ1v) is 3.27. The number of halogens is 1. The first-order valence-electron chi connectivity index (χ1n) is 5.98. The van der Waals surface area contributed by atoms with Crippen LogP contribution in [0.15, 0.2) is 17.0 Å². The highest BCUT2D eigenvalue weighted by Crippen LogP contribution is 2.12. The molecule has 0 amide bonds. The minimum atomic E-state index is -3.10. The van der Waals surface area contributed by atoms with Crippen LogP contribution in [0, 0.1) is 0 Å². The lowest BCUT2D eigenvalue weighted by Gasteiger charge is -1.97. The molecule has 0 aromatic carbocycles. The van der Waals surface area contributed by atoms with Crippen LogP contribution in [0.1, 0.15) is 28.5 Å². The molecule has 1 rings (SSSR count). The fraction of sp³-hybridized carbons (Fsp3) is 0.429. The second-order valence-electron chi connectivity index (χ2n) is 1.47. The maximum Gasteiger partial charge on any atom is 0.115 e. The number of rotatable bonds is 2. The largest absolute Gasteiger partial charge is 0.244 e. The molecule has 0 spiro atoms. The third-order valence-corrected chi connectivity index (χ3v) is 1.43. The number of hydrogen-bond donors (Lipinski definition) is 0. The van der Waals surface area contributed by atoms with E-state index in [-0.39, 0.29) is 10.2 Å². The highest BCUT2D eigenvalue weighted by atomic mass is 79.9. The van der Waals surface area contributed by atoms with E-state index in [4.69, 9.17) is 9.60 Å². The molecular formula is C7H9BrN2. The van der Waals surface area contributed by atoms with E-state index in [9.17, 15) is 0 Å². The molecule has 0 aliphatic carbocycles. The zero-order chi connectivity index (χ0) is 13.5. The molecule has 0 fully saturated rings. The highest BCUT2D eigenvalue weighted by molar-refractivity contribution is 9.10. The van der Waals surface area contributed by atoms with Crippen molar-refractivity contribution in [3.05, 3.63) is 22.7 Å². The van der Waals surface area contributed by atoms with Crippen molar-refractivity contribution in [3.63, 3.8) is 0 Å². The average molecular weight is 208 g/mol. The molecule has 1 aromatic rings. The van der Waals surface area contributed by atoms with Gasteiger partial charge in [-0.05, 0) is 22.3 Å². The van der Waals surface area contributed by atoms with Crippen molar-refractivity contribution in [3.8, 4) is 0 Å². The van der Waals surface area contributed by atoms with Gasteiger partial charge in [-0.25, -0.2) is 9.97 Å². The van der Waals surface area contributed by atoms with E-state index in [0.29, 0.717) is 0 Å². The fourth-order valence-electron chi connectivity index (χ4n) is 0.464. The standard InChI is InChI=1S/C7H9BrN2/c1-2-3-7-6(8)4-9-5-10-7/h4-5H,2-3H2,1H3/i1D3,2D2,3D2. The van der Waals surface area contributed by atoms with E-state index in [1.54, 1.807) is 0 Å². The van der Waals surface area contributed by atoms with E-state index in [1.807, 2.05) is 0 Å². The van der Waals surface area contributed by atoms with Gasteiger partial charge in [-0.2, -0.15) is 0 Å². The van der Waals surface area contributed by atoms with Gasteiger partial charge in [0.1, 0.15) is 6.33 Å². The zero-order valence-corrected chi connectivity index (χ0v) is 6.51. The van der Waals surface area contributed by atoms with E-state index >= 15 is 0 Å². The van der Waals surface area contributed by atoms with Crippen LogP contribution >= 0.6 is 15.9 Å². The van der Waals surface area contributed by atoms with Gasteiger partial charge in [0.15, 0.2) is 0 Å². The van der Waals surface area contributed by atoms with Crippen molar-refractivity contribution in [2.75, 3.05) is 0 Å². The fourth-order valence-corrected chi connectivity index (χ4v) is 0.784. The lowest BCUT2D eigenvalue weighted by molar-refractivity contribution is 0.865. The van der Waals surface area contributed by atoms with Gasteiger partial charge in [0.25, 0.3) is 0 Å². The predicted octanol–water partition coefficient (Wildman–Crippen LogP) is 2.19. The Balaban J connectivity index is 3.34. The molecule has 0 bridgehead atoms. The van der Waals surface area contributed by atoms with E-state index < -0.39 is 19.6 Å². The predicted molar refractivity (Wildman–Crippen MR) is 43.7 cm³/mol. The number of nitrogens with zero attached hydrogens (tertiary/aromatic N) is 2. The Morgan fingerprint density at radius 2 is 2.80 bits per heavy atom. The summed E-state index contributed by atoms with van der Waals surface area (Å²) in [6.07, 6.45) is -3.56. The van der Waals surface area contributed by atoms with Crippen molar-refractivity contribution in [1.82, 2.24) is 9.97 Å². The molecule has 0 N–H and O–H groups in total. The molecule has 54 valence electrons. The molecule has 0 radical (unpaired) electrons. The summed E-state index contributed by atoms with van der Waals surface area (Å²) in [5.74, 6) is 0. The molecule has 10 heavy (non-hydrogen) atoms. The Bertz CT molecular complexity index is 417. The van der Waals surface area contributed by atoms with Crippen LogP contribution in [0.4, 0.5) is 0 Å². The highest BCUT2D eigenvalue weighted by Gasteiger charge is 1.96. The summed E-state index contributed by atoms with van der Waals surface area (Å²) in [5.41, 5.74) is -0.325. The van der Waals surface area contributed by atoms with Gasteiger partial charge in [0, 0.05) is 15.8 Å². The molecule has 0 unspecified atom stereocenters. The zero-order valence-electron chi connectivity index (χ0n) is 11.9. The minimum absolute atomic E-state index is 0.123. The van der Waals surface area contributed by atoms with Gasteiger partial charge in [-0.15, -0.1) is 0 Å². The summed E-state index contributed by atoms with van der Waals surface area (Å²) in [5, 5.41) is 0. The van der Waals surface area contributed by atoms with Crippen molar-refractivity contribution >= 4 is 15.9 Å². The Morgan fingerprint density at radius 1 is 1.90 bits per heavy atom. The quantitative estimate of drug-likeness (QED) is 0.744. The van der Waals surface area contributed by atoms with Crippen LogP contribution in [-0.4, -0.2) is 9.97 Å². The van der Waals surface area contributed by atoms with Crippen molar-refractivity contribution < 1.29 is 9.60 Å². The van der Waals surface area contributed by atoms with Gasteiger partial charge in [0.2, 0.25) is 0 Å². The average Bonchev–Trinajstić information content (AvgIpc) is 2.16.